The molecule has 6 nitrogen and oxygen atoms in total. The van der Waals surface area contributed by atoms with Gasteiger partial charge in [0.05, 0.1) is 12.8 Å². The zero-order valence-electron chi connectivity index (χ0n) is 15.0. The lowest BCUT2D eigenvalue weighted by molar-refractivity contribution is 0.266. The highest BCUT2D eigenvalue weighted by molar-refractivity contribution is 14.0. The maximum absolute atomic E-state index is 5.74. The Bertz CT molecular complexity index is 715. The Labute approximate surface area is 166 Å². The van der Waals surface area contributed by atoms with Crippen molar-refractivity contribution in [1.29, 1.82) is 0 Å². The summed E-state index contributed by atoms with van der Waals surface area (Å²) in [4.78, 5) is 6.52. The third kappa shape index (κ3) is 4.87. The minimum Gasteiger partial charge on any atom is -0.493 e. The average molecular weight is 455 g/mol. The molecule has 7 heteroatoms. The number of rotatable bonds is 4. The third-order valence-electron chi connectivity index (χ3n) is 4.34. The maximum atomic E-state index is 5.74. The van der Waals surface area contributed by atoms with Crippen LogP contribution in [0.3, 0.4) is 0 Å². The fourth-order valence-electron chi connectivity index (χ4n) is 3.13. The lowest BCUT2D eigenvalue weighted by Crippen LogP contribution is -2.40. The first kappa shape index (κ1) is 19.6. The van der Waals surface area contributed by atoms with Crippen LogP contribution in [0.15, 0.2) is 41.7 Å². The maximum Gasteiger partial charge on any atom is 0.193 e. The number of guanidine groups is 1. The van der Waals surface area contributed by atoms with Gasteiger partial charge in [0.25, 0.3) is 0 Å². The van der Waals surface area contributed by atoms with Gasteiger partial charge in [-0.1, -0.05) is 18.2 Å². The first-order chi connectivity index (χ1) is 11.7. The van der Waals surface area contributed by atoms with Crippen molar-refractivity contribution in [3.8, 4) is 5.75 Å². The number of para-hydroxylation sites is 1. The number of nitrogens with one attached hydrogen (secondary N) is 1. The Morgan fingerprint density at radius 2 is 2.24 bits per heavy atom. The number of aryl methyl sites for hydroxylation is 1. The molecule has 1 N–H and O–H groups in total. The van der Waals surface area contributed by atoms with Gasteiger partial charge in [-0.15, -0.1) is 24.0 Å². The van der Waals surface area contributed by atoms with Crippen LogP contribution in [-0.2, 0) is 13.6 Å². The summed E-state index contributed by atoms with van der Waals surface area (Å²) >= 11 is 0. The van der Waals surface area contributed by atoms with E-state index in [1.54, 1.807) is 0 Å². The molecule has 0 saturated heterocycles. The largest absolute Gasteiger partial charge is 0.493 e. The van der Waals surface area contributed by atoms with Crippen LogP contribution in [0, 0.1) is 0 Å². The molecule has 1 atom stereocenters. The lowest BCUT2D eigenvalue weighted by atomic mass is 9.93. The van der Waals surface area contributed by atoms with Gasteiger partial charge < -0.3 is 15.0 Å². The third-order valence-corrected chi connectivity index (χ3v) is 4.34. The Kier molecular flexibility index (Phi) is 7.10. The Balaban J connectivity index is 0.00000225. The molecule has 1 unspecified atom stereocenters. The summed E-state index contributed by atoms with van der Waals surface area (Å²) in [5.74, 6) is 2.34. The van der Waals surface area contributed by atoms with Gasteiger partial charge in [0.2, 0.25) is 0 Å². The molecule has 0 aliphatic carbocycles. The van der Waals surface area contributed by atoms with Crippen molar-refractivity contribution in [3.05, 3.63) is 47.8 Å². The molecule has 1 aromatic carbocycles. The molecule has 0 saturated carbocycles. The van der Waals surface area contributed by atoms with E-state index in [1.807, 2.05) is 50.4 Å². The first-order valence-corrected chi connectivity index (χ1v) is 8.28. The summed E-state index contributed by atoms with van der Waals surface area (Å²) in [6, 6.07) is 8.30. The predicted molar refractivity (Wildman–Crippen MR) is 111 cm³/mol. The van der Waals surface area contributed by atoms with Crippen LogP contribution in [0.5, 0.6) is 5.75 Å². The van der Waals surface area contributed by atoms with E-state index in [0.717, 1.165) is 37.8 Å². The number of benzene rings is 1. The van der Waals surface area contributed by atoms with Gasteiger partial charge in [0, 0.05) is 51.9 Å². The van der Waals surface area contributed by atoms with Crippen LogP contribution in [0.4, 0.5) is 0 Å². The minimum atomic E-state index is 0. The molecule has 1 aromatic heterocycles. The molecule has 3 rings (SSSR count). The smallest absolute Gasteiger partial charge is 0.193 e. The van der Waals surface area contributed by atoms with Crippen molar-refractivity contribution in [2.45, 2.75) is 18.9 Å². The Morgan fingerprint density at radius 1 is 1.44 bits per heavy atom. The molecule has 0 fully saturated rings. The highest BCUT2D eigenvalue weighted by Crippen LogP contribution is 2.32. The number of aliphatic imine (C=N–C) groups is 1. The van der Waals surface area contributed by atoms with Gasteiger partial charge in [-0.25, -0.2) is 0 Å². The molecule has 2 heterocycles. The van der Waals surface area contributed by atoms with E-state index in [2.05, 4.69) is 32.4 Å². The molecule has 1 aliphatic rings. The fraction of sp³-hybridized carbons (Fsp3) is 0.444. The van der Waals surface area contributed by atoms with E-state index in [-0.39, 0.29) is 24.0 Å². The molecular weight excluding hydrogens is 429 g/mol. The van der Waals surface area contributed by atoms with Crippen molar-refractivity contribution in [2.75, 3.05) is 27.2 Å². The summed E-state index contributed by atoms with van der Waals surface area (Å²) in [5, 5.41) is 7.72. The molecule has 25 heavy (non-hydrogen) atoms. The van der Waals surface area contributed by atoms with E-state index in [9.17, 15) is 0 Å². The van der Waals surface area contributed by atoms with Crippen LogP contribution >= 0.6 is 24.0 Å². The van der Waals surface area contributed by atoms with Crippen molar-refractivity contribution >= 4 is 29.9 Å². The van der Waals surface area contributed by atoms with Crippen LogP contribution in [0.1, 0.15) is 23.5 Å². The van der Waals surface area contributed by atoms with Gasteiger partial charge in [-0.3, -0.25) is 9.67 Å². The fourth-order valence-corrected chi connectivity index (χ4v) is 3.13. The van der Waals surface area contributed by atoms with E-state index >= 15 is 0 Å². The van der Waals surface area contributed by atoms with Gasteiger partial charge >= 0.3 is 0 Å². The lowest BCUT2D eigenvalue weighted by Gasteiger charge is -2.28. The normalized spacial score (nSPS) is 16.4. The van der Waals surface area contributed by atoms with E-state index < -0.39 is 0 Å². The highest BCUT2D eigenvalue weighted by atomic mass is 127. The van der Waals surface area contributed by atoms with Crippen molar-refractivity contribution in [1.82, 2.24) is 20.0 Å². The zero-order chi connectivity index (χ0) is 16.9. The summed E-state index contributed by atoms with van der Waals surface area (Å²) in [6.45, 7) is 2.40. The first-order valence-electron chi connectivity index (χ1n) is 8.28. The van der Waals surface area contributed by atoms with Gasteiger partial charge in [0.1, 0.15) is 5.75 Å². The molecule has 2 aromatic rings. The number of hydrogen-bond donors (Lipinski definition) is 1. The molecular formula is C18H26IN5O. The van der Waals surface area contributed by atoms with E-state index in [4.69, 9.17) is 4.74 Å². The second-order valence-electron chi connectivity index (χ2n) is 6.18. The molecule has 0 spiro atoms. The zero-order valence-corrected chi connectivity index (χ0v) is 17.3. The number of hydrogen-bond acceptors (Lipinski definition) is 3. The van der Waals surface area contributed by atoms with Crippen LogP contribution in [0.2, 0.25) is 0 Å². The number of halogens is 1. The van der Waals surface area contributed by atoms with Crippen LogP contribution in [0.25, 0.3) is 0 Å². The predicted octanol–water partition coefficient (Wildman–Crippen LogP) is 2.61. The standard InChI is InChI=1S/C18H25N5O.HI/c1-19-18(22(2)12-14-10-21-23(3)13-14)20-11-15-8-9-24-17-7-5-4-6-16(15)17;/h4-7,10,13,15H,8-9,11-12H2,1-3H3,(H,19,20);1H. The van der Waals surface area contributed by atoms with Crippen molar-refractivity contribution in [3.63, 3.8) is 0 Å². The quantitative estimate of drug-likeness (QED) is 0.438. The van der Waals surface area contributed by atoms with Crippen LogP contribution in [-0.4, -0.2) is 47.9 Å². The second-order valence-corrected chi connectivity index (χ2v) is 6.18. The SMILES string of the molecule is CN=C(NCC1CCOc2ccccc21)N(C)Cc1cnn(C)c1.I. The number of aromatic nitrogens is 2. The summed E-state index contributed by atoms with van der Waals surface area (Å²) in [6.07, 6.45) is 4.93. The molecule has 1 aliphatic heterocycles. The molecule has 0 bridgehead atoms. The summed E-state index contributed by atoms with van der Waals surface area (Å²) < 4.78 is 7.56. The molecule has 0 radical (unpaired) electrons. The van der Waals surface area contributed by atoms with Gasteiger partial charge in [-0.05, 0) is 18.1 Å². The highest BCUT2D eigenvalue weighted by Gasteiger charge is 2.21. The number of ether oxygens (including phenoxy) is 1. The van der Waals surface area contributed by atoms with E-state index in [1.165, 1.54) is 11.1 Å². The number of nitrogens with zero attached hydrogens (tertiary/aromatic N) is 4. The molecule has 0 amide bonds. The van der Waals surface area contributed by atoms with Crippen molar-refractivity contribution < 1.29 is 4.74 Å². The van der Waals surface area contributed by atoms with Crippen molar-refractivity contribution in [2.24, 2.45) is 12.0 Å². The second kappa shape index (κ2) is 9.07. The summed E-state index contributed by atoms with van der Waals surface area (Å²) in [7, 11) is 5.79. The topological polar surface area (TPSA) is 54.7 Å². The van der Waals surface area contributed by atoms with Gasteiger partial charge in [0.15, 0.2) is 5.96 Å². The number of fused-ring (bicyclic) bond motifs is 1. The Morgan fingerprint density at radius 3 is 2.96 bits per heavy atom. The minimum absolute atomic E-state index is 0. The Hall–Kier alpha value is -1.77. The van der Waals surface area contributed by atoms with Gasteiger partial charge in [-0.2, -0.15) is 5.10 Å². The van der Waals surface area contributed by atoms with Crippen LogP contribution < -0.4 is 10.1 Å². The average Bonchev–Trinajstić information content (AvgIpc) is 3.00. The molecule has 136 valence electrons. The monoisotopic (exact) mass is 455 g/mol. The van der Waals surface area contributed by atoms with E-state index in [0.29, 0.717) is 5.92 Å². The summed E-state index contributed by atoms with van der Waals surface area (Å²) in [5.41, 5.74) is 2.45.